The van der Waals surface area contributed by atoms with Crippen molar-refractivity contribution in [2.24, 2.45) is 0 Å². The molecule has 1 heterocycles. The van der Waals surface area contributed by atoms with Gasteiger partial charge in [-0.05, 0) is 12.5 Å². The average Bonchev–Trinajstić information content (AvgIpc) is 2.80. The minimum atomic E-state index is 0.236. The highest BCUT2D eigenvalue weighted by molar-refractivity contribution is 5.33. The zero-order chi connectivity index (χ0) is 12.8. The van der Waals surface area contributed by atoms with Crippen LogP contribution in [0.15, 0.2) is 28.8 Å². The van der Waals surface area contributed by atoms with Crippen LogP contribution in [0.4, 0.5) is 0 Å². The van der Waals surface area contributed by atoms with Crippen LogP contribution >= 0.6 is 0 Å². The lowest BCUT2D eigenvalue weighted by Crippen LogP contribution is -1.96. The first kappa shape index (κ1) is 12.6. The highest BCUT2D eigenvalue weighted by Gasteiger charge is 2.09. The molecule has 0 amide bonds. The van der Waals surface area contributed by atoms with Gasteiger partial charge in [0.25, 0.3) is 0 Å². The third-order valence-corrected chi connectivity index (χ3v) is 2.42. The van der Waals surface area contributed by atoms with Crippen molar-refractivity contribution in [2.45, 2.75) is 26.4 Å². The molecule has 96 valence electrons. The smallest absolute Gasteiger partial charge is 0.231 e. The number of hydrogen-bond donors (Lipinski definition) is 1. The molecule has 2 aromatic rings. The van der Waals surface area contributed by atoms with E-state index < -0.39 is 0 Å². The lowest BCUT2D eigenvalue weighted by Gasteiger charge is -1.99. The Morgan fingerprint density at radius 2 is 2.17 bits per heavy atom. The molecule has 1 aromatic heterocycles. The molecule has 0 aliphatic carbocycles. The Kier molecular flexibility index (Phi) is 4.30. The predicted molar refractivity (Wildman–Crippen MR) is 65.2 cm³/mol. The fourth-order valence-corrected chi connectivity index (χ4v) is 1.55. The van der Waals surface area contributed by atoms with E-state index in [1.165, 1.54) is 0 Å². The number of hydrogen-bond acceptors (Lipinski definition) is 5. The first-order valence-electron chi connectivity index (χ1n) is 5.95. The number of para-hydroxylation sites is 1. The van der Waals surface area contributed by atoms with E-state index in [2.05, 4.69) is 10.1 Å². The lowest BCUT2D eigenvalue weighted by atomic mass is 10.1. The number of phenols is 1. The first-order chi connectivity index (χ1) is 8.79. The molecule has 0 aliphatic heterocycles. The molecule has 0 saturated carbocycles. The molecular formula is C13H16N2O3. The van der Waals surface area contributed by atoms with Gasteiger partial charge in [-0.1, -0.05) is 30.3 Å². The highest BCUT2D eigenvalue weighted by atomic mass is 16.5. The van der Waals surface area contributed by atoms with E-state index in [-0.39, 0.29) is 5.75 Å². The van der Waals surface area contributed by atoms with Crippen LogP contribution in [0.3, 0.4) is 0 Å². The van der Waals surface area contributed by atoms with Crippen LogP contribution in [-0.2, 0) is 17.8 Å². The van der Waals surface area contributed by atoms with Gasteiger partial charge in [0.15, 0.2) is 5.82 Å². The van der Waals surface area contributed by atoms with E-state index in [0.29, 0.717) is 31.3 Å². The second-order valence-corrected chi connectivity index (χ2v) is 3.96. The van der Waals surface area contributed by atoms with Gasteiger partial charge in [0, 0.05) is 12.2 Å². The van der Waals surface area contributed by atoms with Crippen molar-refractivity contribution in [3.05, 3.63) is 41.5 Å². The molecule has 0 spiro atoms. The van der Waals surface area contributed by atoms with Crippen molar-refractivity contribution in [1.82, 2.24) is 10.1 Å². The quantitative estimate of drug-likeness (QED) is 0.794. The summed E-state index contributed by atoms with van der Waals surface area (Å²) in [7, 11) is 0. The van der Waals surface area contributed by atoms with Crippen molar-refractivity contribution in [1.29, 1.82) is 0 Å². The summed E-state index contributed by atoms with van der Waals surface area (Å²) >= 11 is 0. The van der Waals surface area contributed by atoms with Crippen LogP contribution in [0.2, 0.25) is 0 Å². The van der Waals surface area contributed by atoms with Gasteiger partial charge in [0.1, 0.15) is 12.4 Å². The molecule has 1 N–H and O–H groups in total. The number of benzene rings is 1. The maximum atomic E-state index is 9.64. The van der Waals surface area contributed by atoms with Crippen molar-refractivity contribution in [3.8, 4) is 5.75 Å². The van der Waals surface area contributed by atoms with Crippen LogP contribution in [0.25, 0.3) is 0 Å². The van der Waals surface area contributed by atoms with Crippen LogP contribution in [0.5, 0.6) is 5.75 Å². The maximum Gasteiger partial charge on any atom is 0.231 e. The molecule has 0 radical (unpaired) electrons. The second-order valence-electron chi connectivity index (χ2n) is 3.96. The summed E-state index contributed by atoms with van der Waals surface area (Å²) in [5, 5.41) is 13.5. The van der Waals surface area contributed by atoms with Gasteiger partial charge in [-0.15, -0.1) is 0 Å². The van der Waals surface area contributed by atoms with Gasteiger partial charge in [0.2, 0.25) is 5.89 Å². The Bertz CT molecular complexity index is 496. The molecule has 2 rings (SSSR count). The van der Waals surface area contributed by atoms with Crippen molar-refractivity contribution in [2.75, 3.05) is 6.61 Å². The molecule has 0 aliphatic rings. The minimum Gasteiger partial charge on any atom is -0.508 e. The summed E-state index contributed by atoms with van der Waals surface area (Å²) in [6.07, 6.45) is 1.38. The van der Waals surface area contributed by atoms with E-state index in [1.54, 1.807) is 12.1 Å². The van der Waals surface area contributed by atoms with E-state index in [1.807, 2.05) is 19.1 Å². The number of aromatic nitrogens is 2. The average molecular weight is 248 g/mol. The van der Waals surface area contributed by atoms with E-state index in [4.69, 9.17) is 9.26 Å². The number of aromatic hydroxyl groups is 1. The molecular weight excluding hydrogens is 232 g/mol. The van der Waals surface area contributed by atoms with E-state index in [9.17, 15) is 5.11 Å². The van der Waals surface area contributed by atoms with Gasteiger partial charge < -0.3 is 14.4 Å². The molecule has 0 atom stereocenters. The molecule has 18 heavy (non-hydrogen) atoms. The van der Waals surface area contributed by atoms with Crippen LogP contribution in [-0.4, -0.2) is 21.9 Å². The molecule has 0 unspecified atom stereocenters. The largest absolute Gasteiger partial charge is 0.508 e. The van der Waals surface area contributed by atoms with Gasteiger partial charge in [-0.3, -0.25) is 0 Å². The molecule has 0 bridgehead atoms. The third-order valence-electron chi connectivity index (χ3n) is 2.42. The van der Waals surface area contributed by atoms with Crippen molar-refractivity contribution < 1.29 is 14.4 Å². The maximum absolute atomic E-state index is 9.64. The fraction of sp³-hybridized carbons (Fsp3) is 0.385. The van der Waals surface area contributed by atoms with E-state index >= 15 is 0 Å². The summed E-state index contributed by atoms with van der Waals surface area (Å²) < 4.78 is 10.4. The van der Waals surface area contributed by atoms with Gasteiger partial charge >= 0.3 is 0 Å². The van der Waals surface area contributed by atoms with Crippen LogP contribution in [0, 0.1) is 0 Å². The Hall–Kier alpha value is -1.88. The van der Waals surface area contributed by atoms with Gasteiger partial charge in [-0.25, -0.2) is 0 Å². The van der Waals surface area contributed by atoms with Crippen LogP contribution in [0.1, 0.15) is 30.6 Å². The van der Waals surface area contributed by atoms with Gasteiger partial charge in [-0.2, -0.15) is 4.98 Å². The zero-order valence-electron chi connectivity index (χ0n) is 10.3. The van der Waals surface area contributed by atoms with Crippen molar-refractivity contribution in [3.63, 3.8) is 0 Å². The summed E-state index contributed by atoms with van der Waals surface area (Å²) in [5.41, 5.74) is 0.766. The number of nitrogens with zero attached hydrogens (tertiary/aromatic N) is 2. The summed E-state index contributed by atoms with van der Waals surface area (Å²) in [6.45, 7) is 3.08. The monoisotopic (exact) mass is 248 g/mol. The highest BCUT2D eigenvalue weighted by Crippen LogP contribution is 2.18. The topological polar surface area (TPSA) is 68.4 Å². The number of ether oxygens (including phenoxy) is 1. The summed E-state index contributed by atoms with van der Waals surface area (Å²) in [4.78, 5) is 4.20. The van der Waals surface area contributed by atoms with E-state index in [0.717, 1.165) is 12.0 Å². The molecule has 0 saturated heterocycles. The molecule has 5 nitrogen and oxygen atoms in total. The Labute approximate surface area is 105 Å². The Morgan fingerprint density at radius 3 is 2.94 bits per heavy atom. The normalized spacial score (nSPS) is 10.7. The molecule has 5 heteroatoms. The lowest BCUT2D eigenvalue weighted by molar-refractivity contribution is 0.114. The number of rotatable bonds is 6. The van der Waals surface area contributed by atoms with Crippen LogP contribution < -0.4 is 0 Å². The molecule has 1 aromatic carbocycles. The standard InChI is InChI=1S/C13H16N2O3/c1-2-7-17-9-12-14-13(18-15-12)8-10-5-3-4-6-11(10)16/h3-6,16H,2,7-9H2,1H3. The third kappa shape index (κ3) is 3.30. The Balaban J connectivity index is 1.96. The minimum absolute atomic E-state index is 0.236. The number of phenolic OH excluding ortho intramolecular Hbond substituents is 1. The summed E-state index contributed by atoms with van der Waals surface area (Å²) in [5.74, 6) is 1.25. The second kappa shape index (κ2) is 6.16. The first-order valence-corrected chi connectivity index (χ1v) is 5.95. The summed E-state index contributed by atoms with van der Waals surface area (Å²) in [6, 6.07) is 7.09. The fourth-order valence-electron chi connectivity index (χ4n) is 1.55. The SMILES string of the molecule is CCCOCc1noc(Cc2ccccc2O)n1. The molecule has 0 fully saturated rings. The zero-order valence-corrected chi connectivity index (χ0v) is 10.3. The van der Waals surface area contributed by atoms with Crippen molar-refractivity contribution >= 4 is 0 Å². The predicted octanol–water partition coefficient (Wildman–Crippen LogP) is 2.29. The Morgan fingerprint density at radius 1 is 1.33 bits per heavy atom. The van der Waals surface area contributed by atoms with Gasteiger partial charge in [0.05, 0.1) is 6.42 Å².